The Kier molecular flexibility index (Phi) is 7.89. The molecule has 0 bridgehead atoms. The van der Waals surface area contributed by atoms with Crippen molar-refractivity contribution >= 4 is 23.3 Å². The van der Waals surface area contributed by atoms with Gasteiger partial charge >= 0.3 is 5.69 Å². The molecule has 12 nitrogen and oxygen atoms in total. The lowest BCUT2D eigenvalue weighted by atomic mass is 10.2. The number of ether oxygens (including phenoxy) is 3. The lowest BCUT2D eigenvalue weighted by Crippen LogP contribution is -2.30. The van der Waals surface area contributed by atoms with E-state index in [1.54, 1.807) is 37.6 Å². The molecule has 1 unspecified atom stereocenters. The third-order valence-electron chi connectivity index (χ3n) is 5.47. The first kappa shape index (κ1) is 25.5. The molecule has 0 spiro atoms. The largest absolute Gasteiger partial charge is 0.497 e. The summed E-state index contributed by atoms with van der Waals surface area (Å²) in [6.07, 6.45) is 0.568. The number of nitrogens with zero attached hydrogens (tertiary/aromatic N) is 4. The minimum atomic E-state index is -1.01. The molecule has 2 aromatic carbocycles. The van der Waals surface area contributed by atoms with E-state index in [1.165, 1.54) is 16.2 Å². The second-order valence-corrected chi connectivity index (χ2v) is 8.05. The Morgan fingerprint density at radius 1 is 1.08 bits per heavy atom. The Bertz CT molecular complexity index is 1490. The summed E-state index contributed by atoms with van der Waals surface area (Å²) in [5.74, 6) is 2.16. The Morgan fingerprint density at radius 3 is 2.41 bits per heavy atom. The zero-order chi connectivity index (χ0) is 26.4. The van der Waals surface area contributed by atoms with Crippen LogP contribution in [-0.4, -0.2) is 56.9 Å². The van der Waals surface area contributed by atoms with E-state index in [2.05, 4.69) is 20.5 Å². The quantitative estimate of drug-likeness (QED) is 0.205. The summed E-state index contributed by atoms with van der Waals surface area (Å²) in [6.45, 7) is 2.39. The van der Waals surface area contributed by atoms with Crippen LogP contribution in [0, 0.1) is 0 Å². The van der Waals surface area contributed by atoms with Crippen LogP contribution in [0.4, 0.5) is 5.95 Å². The van der Waals surface area contributed by atoms with Gasteiger partial charge in [0.05, 0.1) is 26.5 Å². The zero-order valence-corrected chi connectivity index (χ0v) is 20.7. The Hall–Kier alpha value is -4.58. The Morgan fingerprint density at radius 2 is 1.73 bits per heavy atom. The topological polar surface area (TPSA) is 145 Å². The zero-order valence-electron chi connectivity index (χ0n) is 20.7. The number of hydrogen-bond donors (Lipinski definition) is 3. The highest BCUT2D eigenvalue weighted by Crippen LogP contribution is 2.19. The van der Waals surface area contributed by atoms with Crippen molar-refractivity contribution in [2.75, 3.05) is 25.7 Å². The van der Waals surface area contributed by atoms with Crippen LogP contribution in [0.15, 0.2) is 63.2 Å². The fourth-order valence-corrected chi connectivity index (χ4v) is 3.61. The molecule has 0 saturated heterocycles. The first-order chi connectivity index (χ1) is 17.9. The molecule has 0 aliphatic carbocycles. The summed E-state index contributed by atoms with van der Waals surface area (Å²) in [6, 6.07) is 14.3. The molecule has 0 fully saturated rings. The van der Waals surface area contributed by atoms with Gasteiger partial charge in [-0.1, -0.05) is 0 Å². The number of methoxy groups -OCH3 is 1. The van der Waals surface area contributed by atoms with Gasteiger partial charge in [-0.25, -0.2) is 10.2 Å². The molecule has 0 amide bonds. The van der Waals surface area contributed by atoms with Gasteiger partial charge in [0.15, 0.2) is 11.2 Å². The summed E-state index contributed by atoms with van der Waals surface area (Å²) in [5.41, 5.74) is 2.65. The summed E-state index contributed by atoms with van der Waals surface area (Å²) in [7, 11) is 3.06. The number of aliphatic hydroxyl groups is 1. The fourth-order valence-electron chi connectivity index (χ4n) is 3.61. The summed E-state index contributed by atoms with van der Waals surface area (Å²) in [5, 5.41) is 14.9. The van der Waals surface area contributed by atoms with E-state index in [9.17, 15) is 14.7 Å². The molecule has 12 heteroatoms. The van der Waals surface area contributed by atoms with Crippen molar-refractivity contribution in [2.45, 2.75) is 19.6 Å². The van der Waals surface area contributed by atoms with Crippen molar-refractivity contribution in [3.8, 4) is 17.2 Å². The number of hydrazone groups is 1. The second kappa shape index (κ2) is 11.4. The van der Waals surface area contributed by atoms with E-state index in [0.717, 1.165) is 11.3 Å². The normalized spacial score (nSPS) is 12.1. The maximum absolute atomic E-state index is 12.7. The molecular formula is C25H28N6O6. The third-order valence-corrected chi connectivity index (χ3v) is 5.47. The molecule has 1 atom stereocenters. The van der Waals surface area contributed by atoms with Crippen LogP contribution in [0.25, 0.3) is 11.2 Å². The number of aliphatic hydroxyl groups excluding tert-OH is 1. The van der Waals surface area contributed by atoms with Gasteiger partial charge < -0.3 is 23.9 Å². The number of aromatic nitrogens is 4. The van der Waals surface area contributed by atoms with E-state index in [4.69, 9.17) is 14.2 Å². The molecule has 3 N–H and O–H groups in total. The van der Waals surface area contributed by atoms with Crippen LogP contribution < -0.4 is 30.9 Å². The number of aromatic amines is 1. The van der Waals surface area contributed by atoms with Gasteiger partial charge in [-0.15, -0.1) is 0 Å². The van der Waals surface area contributed by atoms with Crippen LogP contribution >= 0.6 is 0 Å². The molecular weight excluding hydrogens is 480 g/mol. The molecule has 194 valence electrons. The van der Waals surface area contributed by atoms with Crippen LogP contribution in [0.2, 0.25) is 0 Å². The molecule has 4 aromatic rings. The highest BCUT2D eigenvalue weighted by atomic mass is 16.5. The number of nitrogens with one attached hydrogen (secondary N) is 2. The third kappa shape index (κ3) is 5.98. The maximum atomic E-state index is 12.7. The summed E-state index contributed by atoms with van der Waals surface area (Å²) >= 11 is 0. The number of fused-ring (bicyclic) bond motifs is 1. The van der Waals surface area contributed by atoms with Crippen LogP contribution in [0.1, 0.15) is 12.5 Å². The SMILES string of the molecule is CCOc1ccc(C=NNc2nc3c(c(=O)[nH]c(=O)n3C)n2CC(O)COc2ccc(OC)cc2)cc1. The predicted molar refractivity (Wildman–Crippen MR) is 139 cm³/mol. The Balaban J connectivity index is 1.56. The van der Waals surface area contributed by atoms with Crippen molar-refractivity contribution < 1.29 is 19.3 Å². The highest BCUT2D eigenvalue weighted by Gasteiger charge is 2.20. The summed E-state index contributed by atoms with van der Waals surface area (Å²) < 4.78 is 18.9. The standard InChI is InChI=1S/C25H28N6O6/c1-4-36-19-7-5-16(6-8-19)13-26-29-24-27-22-21(23(33)28-25(34)30(22)2)31(24)14-17(32)15-37-20-11-9-18(35-3)10-12-20/h5-13,17,32H,4,14-15H2,1-3H3,(H,27,29)(H,28,33,34). The van der Waals surface area contributed by atoms with E-state index >= 15 is 0 Å². The van der Waals surface area contributed by atoms with Gasteiger partial charge in [-0.05, 0) is 61.0 Å². The van der Waals surface area contributed by atoms with Crippen LogP contribution in [-0.2, 0) is 13.6 Å². The van der Waals surface area contributed by atoms with Gasteiger partial charge in [-0.3, -0.25) is 14.3 Å². The van der Waals surface area contributed by atoms with Crippen molar-refractivity contribution in [1.29, 1.82) is 0 Å². The van der Waals surface area contributed by atoms with Gasteiger partial charge in [-0.2, -0.15) is 10.1 Å². The minimum absolute atomic E-state index is 0.0468. The van der Waals surface area contributed by atoms with Crippen molar-refractivity contribution in [1.82, 2.24) is 19.1 Å². The summed E-state index contributed by atoms with van der Waals surface area (Å²) in [4.78, 5) is 31.4. The smallest absolute Gasteiger partial charge is 0.329 e. The van der Waals surface area contributed by atoms with Gasteiger partial charge in [0.25, 0.3) is 5.56 Å². The monoisotopic (exact) mass is 508 g/mol. The average Bonchev–Trinajstić information content (AvgIpc) is 3.26. The van der Waals surface area contributed by atoms with Crippen LogP contribution in [0.5, 0.6) is 17.2 Å². The van der Waals surface area contributed by atoms with Gasteiger partial charge in [0.1, 0.15) is 30.0 Å². The predicted octanol–water partition coefficient (Wildman–Crippen LogP) is 1.72. The molecule has 4 rings (SSSR count). The lowest BCUT2D eigenvalue weighted by Gasteiger charge is -2.15. The molecule has 0 radical (unpaired) electrons. The van der Waals surface area contributed by atoms with Crippen LogP contribution in [0.3, 0.4) is 0 Å². The number of benzene rings is 2. The number of hydrogen-bond acceptors (Lipinski definition) is 9. The average molecular weight is 509 g/mol. The van der Waals surface area contributed by atoms with Gasteiger partial charge in [0.2, 0.25) is 5.95 Å². The number of aryl methyl sites for hydroxylation is 1. The van der Waals surface area contributed by atoms with E-state index in [1.807, 2.05) is 31.2 Å². The number of anilines is 1. The molecule has 0 aliphatic rings. The first-order valence-electron chi connectivity index (χ1n) is 11.6. The molecule has 2 aromatic heterocycles. The first-order valence-corrected chi connectivity index (χ1v) is 11.6. The second-order valence-electron chi connectivity index (χ2n) is 8.05. The van der Waals surface area contributed by atoms with E-state index < -0.39 is 17.4 Å². The van der Waals surface area contributed by atoms with E-state index in [0.29, 0.717) is 18.1 Å². The van der Waals surface area contributed by atoms with E-state index in [-0.39, 0.29) is 30.3 Å². The molecule has 2 heterocycles. The number of rotatable bonds is 11. The molecule has 0 saturated carbocycles. The highest BCUT2D eigenvalue weighted by molar-refractivity contribution is 5.80. The number of imidazole rings is 1. The fraction of sp³-hybridized carbons (Fsp3) is 0.280. The van der Waals surface area contributed by atoms with Crippen molar-refractivity contribution in [2.24, 2.45) is 12.1 Å². The van der Waals surface area contributed by atoms with Crippen molar-refractivity contribution in [3.63, 3.8) is 0 Å². The minimum Gasteiger partial charge on any atom is -0.497 e. The van der Waals surface area contributed by atoms with Crippen molar-refractivity contribution in [3.05, 3.63) is 74.9 Å². The lowest BCUT2D eigenvalue weighted by molar-refractivity contribution is 0.0938. The maximum Gasteiger partial charge on any atom is 0.329 e. The molecule has 0 aliphatic heterocycles. The number of H-pyrrole nitrogens is 1. The molecule has 37 heavy (non-hydrogen) atoms. The van der Waals surface area contributed by atoms with Gasteiger partial charge in [0, 0.05) is 7.05 Å². The Labute approximate surface area is 211 Å².